The van der Waals surface area contributed by atoms with E-state index in [2.05, 4.69) is 0 Å². The highest BCUT2D eigenvalue weighted by molar-refractivity contribution is 6.70. The first kappa shape index (κ1) is 18.3. The van der Waals surface area contributed by atoms with Crippen LogP contribution < -0.4 is 0 Å². The molecule has 19 heavy (non-hydrogen) atoms. The van der Waals surface area contributed by atoms with E-state index in [-0.39, 0.29) is 18.4 Å². The van der Waals surface area contributed by atoms with Crippen molar-refractivity contribution in [3.8, 4) is 0 Å². The van der Waals surface area contributed by atoms with Gasteiger partial charge in [-0.2, -0.15) is 0 Å². The summed E-state index contributed by atoms with van der Waals surface area (Å²) in [6.45, 7) is 9.53. The number of hydrogen-bond donors (Lipinski definition) is 0. The quantitative estimate of drug-likeness (QED) is 0.390. The van der Waals surface area contributed by atoms with Gasteiger partial charge in [-0.1, -0.05) is 6.92 Å². The van der Waals surface area contributed by atoms with E-state index in [1.165, 1.54) is 12.0 Å². The van der Waals surface area contributed by atoms with Crippen molar-refractivity contribution in [3.05, 3.63) is 0 Å². The van der Waals surface area contributed by atoms with E-state index < -0.39 is 13.9 Å². The van der Waals surface area contributed by atoms with Crippen molar-refractivity contribution in [3.63, 3.8) is 0 Å². The Bertz CT molecular complexity index is 327. The molecule has 0 saturated carbocycles. The largest absolute Gasteiger partial charge is 0.398 e. The number of rotatable bonds is 8. The van der Waals surface area contributed by atoms with Gasteiger partial charge in [-0.05, 0) is 33.0 Å². The first-order chi connectivity index (χ1) is 8.58. The lowest BCUT2D eigenvalue weighted by Crippen LogP contribution is -2.57. The second-order valence-electron chi connectivity index (χ2n) is 5.84. The van der Waals surface area contributed by atoms with Crippen LogP contribution in [0.1, 0.15) is 26.7 Å². The molecule has 0 aliphatic rings. The second kappa shape index (κ2) is 7.16. The molecule has 1 amide bonds. The van der Waals surface area contributed by atoms with Gasteiger partial charge < -0.3 is 14.1 Å². The highest BCUT2D eigenvalue weighted by Gasteiger charge is 2.45. The van der Waals surface area contributed by atoms with Crippen molar-refractivity contribution >= 4 is 20.0 Å². The molecule has 0 N–H and O–H groups in total. The summed E-state index contributed by atoms with van der Waals surface area (Å²) in [7, 11) is 1.09. The van der Waals surface area contributed by atoms with E-state index in [0.717, 1.165) is 0 Å². The fraction of sp³-hybridized carbons (Fsp3) is 0.846. The molecule has 1 unspecified atom stereocenters. The molecular weight excluding hydrogens is 262 g/mol. The molecule has 1 atom stereocenters. The lowest BCUT2D eigenvalue weighted by Gasteiger charge is -2.36. The Labute approximate surface area is 117 Å². The maximum Gasteiger partial charge on any atom is 0.262 e. The number of likely N-dealkylation sites (N-methyl/N-ethyl adjacent to an activating group) is 1. The van der Waals surface area contributed by atoms with Crippen LogP contribution in [0.2, 0.25) is 19.6 Å². The van der Waals surface area contributed by atoms with E-state index in [0.29, 0.717) is 12.8 Å². The minimum Gasteiger partial charge on any atom is -0.398 e. The Morgan fingerprint density at radius 2 is 1.79 bits per heavy atom. The van der Waals surface area contributed by atoms with Gasteiger partial charge in [0.05, 0.1) is 0 Å². The zero-order valence-electron chi connectivity index (χ0n) is 13.2. The lowest BCUT2D eigenvalue weighted by atomic mass is 9.96. The maximum atomic E-state index is 12.5. The topological polar surface area (TPSA) is 55.8 Å². The van der Waals surface area contributed by atoms with Crippen LogP contribution in [0.25, 0.3) is 0 Å². The molecule has 112 valence electrons. The number of ether oxygens (including phenoxy) is 1. The van der Waals surface area contributed by atoms with Gasteiger partial charge in [0.1, 0.15) is 6.73 Å². The normalized spacial score (nSPS) is 14.9. The number of ketones is 1. The van der Waals surface area contributed by atoms with Gasteiger partial charge in [0, 0.05) is 20.6 Å². The van der Waals surface area contributed by atoms with E-state index in [9.17, 15) is 9.59 Å². The average Bonchev–Trinajstić information content (AvgIpc) is 2.26. The number of amides is 1. The number of nitrogens with zero attached hydrogens (tertiary/aromatic N) is 1. The minimum atomic E-state index is -2.03. The van der Waals surface area contributed by atoms with Crippen molar-refractivity contribution in [2.75, 3.05) is 20.9 Å². The monoisotopic (exact) mass is 289 g/mol. The van der Waals surface area contributed by atoms with Gasteiger partial charge >= 0.3 is 0 Å². The van der Waals surface area contributed by atoms with Crippen LogP contribution in [0.4, 0.5) is 0 Å². The molecule has 0 saturated heterocycles. The number of hydrogen-bond acceptors (Lipinski definition) is 4. The summed E-state index contributed by atoms with van der Waals surface area (Å²) in [6, 6.07) is 0. The molecule has 0 spiro atoms. The molecule has 0 rings (SSSR count). The van der Waals surface area contributed by atoms with E-state index in [1.54, 1.807) is 14.0 Å². The highest BCUT2D eigenvalue weighted by atomic mass is 28.4. The zero-order chi connectivity index (χ0) is 15.3. The number of methoxy groups -OCH3 is 1. The van der Waals surface area contributed by atoms with Crippen molar-refractivity contribution < 1.29 is 18.8 Å². The van der Waals surface area contributed by atoms with Gasteiger partial charge in [0.15, 0.2) is 19.7 Å². The summed E-state index contributed by atoms with van der Waals surface area (Å²) in [5.74, 6) is -0.499. The Balaban J connectivity index is 5.26. The fourth-order valence-electron chi connectivity index (χ4n) is 1.91. The van der Waals surface area contributed by atoms with Crippen LogP contribution in [0, 0.1) is 0 Å². The van der Waals surface area contributed by atoms with Gasteiger partial charge in [-0.15, -0.1) is 0 Å². The summed E-state index contributed by atoms with van der Waals surface area (Å²) in [6.07, 6.45) is 1.04. The number of Topliss-reactive ketones (excluding diaryl/α,β-unsaturated/α-hetero) is 1. The van der Waals surface area contributed by atoms with Crippen LogP contribution in [0.3, 0.4) is 0 Å². The average molecular weight is 289 g/mol. The standard InChI is InChI=1S/C13H27NO4Si/c1-8-9-11(15)13(2,18-19(5,6)7)12(16)14(3)10-17-4/h8-10H2,1-7H3. The summed E-state index contributed by atoms with van der Waals surface area (Å²) >= 11 is 0. The minimum absolute atomic E-state index is 0.142. The third-order valence-corrected chi connectivity index (χ3v) is 3.62. The maximum absolute atomic E-state index is 12.5. The van der Waals surface area contributed by atoms with Crippen LogP contribution in [-0.4, -0.2) is 51.4 Å². The van der Waals surface area contributed by atoms with Crippen LogP contribution in [0.5, 0.6) is 0 Å². The summed E-state index contributed by atoms with van der Waals surface area (Å²) in [5, 5.41) is 0. The molecule has 0 radical (unpaired) electrons. The van der Waals surface area contributed by atoms with Gasteiger partial charge in [0.25, 0.3) is 5.91 Å². The van der Waals surface area contributed by atoms with Crippen LogP contribution in [0.15, 0.2) is 0 Å². The van der Waals surface area contributed by atoms with Gasteiger partial charge in [-0.3, -0.25) is 9.59 Å². The summed E-state index contributed by atoms with van der Waals surface area (Å²) in [5.41, 5.74) is -1.40. The molecule has 0 heterocycles. The van der Waals surface area contributed by atoms with E-state index >= 15 is 0 Å². The number of carbonyl (C=O) groups excluding carboxylic acids is 2. The van der Waals surface area contributed by atoms with Crippen molar-refractivity contribution in [1.29, 1.82) is 0 Å². The van der Waals surface area contributed by atoms with E-state index in [1.807, 2.05) is 26.6 Å². The van der Waals surface area contributed by atoms with Crippen molar-refractivity contribution in [2.45, 2.75) is 51.9 Å². The third-order valence-electron chi connectivity index (χ3n) is 2.60. The molecule has 0 aliphatic heterocycles. The molecule has 0 aromatic carbocycles. The smallest absolute Gasteiger partial charge is 0.262 e. The van der Waals surface area contributed by atoms with Crippen molar-refractivity contribution in [2.24, 2.45) is 0 Å². The van der Waals surface area contributed by atoms with Crippen LogP contribution in [-0.2, 0) is 18.8 Å². The van der Waals surface area contributed by atoms with Gasteiger partial charge in [0.2, 0.25) is 0 Å². The summed E-state index contributed by atoms with van der Waals surface area (Å²) in [4.78, 5) is 26.2. The Morgan fingerprint density at radius 3 is 2.16 bits per heavy atom. The lowest BCUT2D eigenvalue weighted by molar-refractivity contribution is -0.158. The molecule has 0 aliphatic carbocycles. The molecule has 0 fully saturated rings. The molecule has 5 nitrogen and oxygen atoms in total. The fourth-order valence-corrected chi connectivity index (χ4v) is 3.34. The zero-order valence-corrected chi connectivity index (χ0v) is 14.2. The summed E-state index contributed by atoms with van der Waals surface area (Å²) < 4.78 is 10.9. The van der Waals surface area contributed by atoms with Gasteiger partial charge in [-0.25, -0.2) is 0 Å². The molecular formula is C13H27NO4Si. The molecule has 0 bridgehead atoms. The first-order valence-corrected chi connectivity index (χ1v) is 9.97. The van der Waals surface area contributed by atoms with Crippen molar-refractivity contribution in [1.82, 2.24) is 4.90 Å². The number of carbonyl (C=O) groups is 2. The second-order valence-corrected chi connectivity index (χ2v) is 10.3. The Hall–Kier alpha value is -0.723. The third kappa shape index (κ3) is 5.42. The van der Waals surface area contributed by atoms with E-state index in [4.69, 9.17) is 9.16 Å². The Kier molecular flexibility index (Phi) is 6.89. The SMILES string of the molecule is CCCC(=O)C(C)(O[Si](C)(C)C)C(=O)N(C)COC. The predicted octanol–water partition coefficient (Wildman–Crippen LogP) is 2.03. The Morgan fingerprint density at radius 1 is 1.26 bits per heavy atom. The molecule has 0 aromatic rings. The molecule has 6 heteroatoms. The molecule has 0 aromatic heterocycles. The first-order valence-electron chi connectivity index (χ1n) is 6.56. The predicted molar refractivity (Wildman–Crippen MR) is 77.4 cm³/mol. The van der Waals surface area contributed by atoms with Crippen LogP contribution >= 0.6 is 0 Å². The highest BCUT2D eigenvalue weighted by Crippen LogP contribution is 2.23.